The number of halogens is 1. The Labute approximate surface area is 277 Å². The van der Waals surface area contributed by atoms with Crippen LogP contribution in [0.3, 0.4) is 0 Å². The number of aromatic nitrogens is 2. The van der Waals surface area contributed by atoms with Crippen LogP contribution in [0.25, 0.3) is 0 Å². The summed E-state index contributed by atoms with van der Waals surface area (Å²) in [5, 5.41) is 11.9. The topological polar surface area (TPSA) is 129 Å². The maximum Gasteiger partial charge on any atom is 0.269 e. The third kappa shape index (κ3) is 10.3. The zero-order valence-corrected chi connectivity index (χ0v) is 28.0. The van der Waals surface area contributed by atoms with E-state index in [0.29, 0.717) is 36.8 Å². The Morgan fingerprint density at radius 2 is 1.66 bits per heavy atom. The summed E-state index contributed by atoms with van der Waals surface area (Å²) in [6, 6.07) is 5.03. The second kappa shape index (κ2) is 15.9. The highest BCUT2D eigenvalue weighted by atomic mass is 19.1. The van der Waals surface area contributed by atoms with Crippen molar-refractivity contribution in [1.82, 2.24) is 30.2 Å². The molecule has 256 valence electrons. The Morgan fingerprint density at radius 1 is 0.979 bits per heavy atom. The number of nitrogens with zero attached hydrogens (tertiary/aromatic N) is 4. The normalized spacial score (nSPS) is 19.2. The number of benzene rings is 1. The smallest absolute Gasteiger partial charge is 0.269 e. The first-order valence-corrected chi connectivity index (χ1v) is 17.3. The van der Waals surface area contributed by atoms with E-state index in [0.717, 1.165) is 25.9 Å². The van der Waals surface area contributed by atoms with Crippen molar-refractivity contribution in [2.24, 2.45) is 23.7 Å². The van der Waals surface area contributed by atoms with Gasteiger partial charge in [-0.1, -0.05) is 38.7 Å². The minimum absolute atomic E-state index is 0.0464. The summed E-state index contributed by atoms with van der Waals surface area (Å²) >= 11 is 0. The largest absolute Gasteiger partial charge is 0.344 e. The van der Waals surface area contributed by atoms with E-state index in [4.69, 9.17) is 0 Å². The van der Waals surface area contributed by atoms with Gasteiger partial charge in [-0.25, -0.2) is 4.39 Å². The number of nitrogens with one attached hydrogen (secondary N) is 3. The molecule has 0 radical (unpaired) electrons. The number of carbonyl (C=O) groups excluding carboxylic acids is 4. The molecule has 3 aliphatic carbocycles. The van der Waals surface area contributed by atoms with E-state index < -0.39 is 23.7 Å². The van der Waals surface area contributed by atoms with Gasteiger partial charge < -0.3 is 25.8 Å². The summed E-state index contributed by atoms with van der Waals surface area (Å²) in [6.45, 7) is 6.50. The number of aryl methyl sites for hydroxylation is 1. The molecule has 12 heteroatoms. The summed E-state index contributed by atoms with van der Waals surface area (Å²) in [5.74, 6) is 0.473. The van der Waals surface area contributed by atoms with Gasteiger partial charge in [0.1, 0.15) is 17.6 Å². The fraction of sp³-hybridized carbons (Fsp3) is 0.629. The standard InChI is InChI=1S/C28H38FN7O4.C7H12/c1-4-36-24(9-10-31-36)27(39)30-17-25(37)32-22-8-5-19(15-21(22)29)16-23(33-26(38)18(2)20-6-7-20)28(40)35-13-11-34(3)12-14-35;1-2-6(1)5-7-3-4-7/h5,8-10,15,18,20,23H,4,6-7,11-14,16-17H2,1-3H3,(H,30,39)(H,32,37)(H,33,38);6-7H,1-5H2. The number of piperazine rings is 1. The predicted molar refractivity (Wildman–Crippen MR) is 177 cm³/mol. The van der Waals surface area contributed by atoms with Crippen LogP contribution < -0.4 is 16.0 Å². The number of rotatable bonds is 13. The zero-order chi connectivity index (χ0) is 33.5. The van der Waals surface area contributed by atoms with E-state index in [2.05, 4.69) is 25.9 Å². The van der Waals surface area contributed by atoms with Crippen molar-refractivity contribution in [3.8, 4) is 0 Å². The Morgan fingerprint density at radius 3 is 2.26 bits per heavy atom. The van der Waals surface area contributed by atoms with Gasteiger partial charge in [-0.2, -0.15) is 5.10 Å². The third-order valence-corrected chi connectivity index (χ3v) is 9.64. The molecule has 11 nitrogen and oxygen atoms in total. The van der Waals surface area contributed by atoms with Crippen molar-refractivity contribution in [2.45, 2.75) is 77.8 Å². The van der Waals surface area contributed by atoms with Crippen LogP contribution in [0.1, 0.15) is 74.8 Å². The molecule has 6 rings (SSSR count). The number of anilines is 1. The Kier molecular flexibility index (Phi) is 11.7. The minimum atomic E-state index is -0.816. The van der Waals surface area contributed by atoms with E-state index >= 15 is 0 Å². The number of carbonyl (C=O) groups is 4. The van der Waals surface area contributed by atoms with Crippen molar-refractivity contribution in [3.63, 3.8) is 0 Å². The Bertz CT molecular complexity index is 1400. The van der Waals surface area contributed by atoms with Crippen molar-refractivity contribution in [3.05, 3.63) is 47.5 Å². The molecule has 1 aromatic carbocycles. The van der Waals surface area contributed by atoms with Crippen molar-refractivity contribution >= 4 is 29.3 Å². The Hall–Kier alpha value is -3.80. The second-order valence-corrected chi connectivity index (χ2v) is 13.7. The van der Waals surface area contributed by atoms with E-state index in [9.17, 15) is 23.6 Å². The first-order chi connectivity index (χ1) is 22.6. The van der Waals surface area contributed by atoms with Crippen LogP contribution in [0.15, 0.2) is 30.5 Å². The molecule has 4 aliphatic rings. The molecule has 2 heterocycles. The molecule has 2 aromatic rings. The molecule has 1 saturated heterocycles. The summed E-state index contributed by atoms with van der Waals surface area (Å²) in [7, 11) is 2.00. The van der Waals surface area contributed by atoms with Gasteiger partial charge >= 0.3 is 0 Å². The lowest BCUT2D eigenvalue weighted by atomic mass is 10.0. The molecular weight excluding hydrogens is 601 g/mol. The van der Waals surface area contributed by atoms with E-state index in [-0.39, 0.29) is 36.4 Å². The van der Waals surface area contributed by atoms with Crippen molar-refractivity contribution in [1.29, 1.82) is 0 Å². The fourth-order valence-electron chi connectivity index (χ4n) is 5.98. The third-order valence-electron chi connectivity index (χ3n) is 9.64. The SMILES string of the molecule is C1CC1CC1CC1.CCn1nccc1C(=O)NCC(=O)Nc1ccc(CC(NC(=O)C(C)C2CC2)C(=O)N2CCN(C)CC2)cc1F. The quantitative estimate of drug-likeness (QED) is 0.305. The van der Waals surface area contributed by atoms with E-state index in [1.807, 2.05) is 20.9 Å². The van der Waals surface area contributed by atoms with E-state index in [1.54, 1.807) is 49.1 Å². The molecule has 4 amide bonds. The highest BCUT2D eigenvalue weighted by Crippen LogP contribution is 2.44. The van der Waals surface area contributed by atoms with Gasteiger partial charge in [-0.15, -0.1) is 0 Å². The van der Waals surface area contributed by atoms with Gasteiger partial charge in [-0.05, 0) is 74.8 Å². The summed E-state index contributed by atoms with van der Waals surface area (Å²) < 4.78 is 16.5. The molecule has 4 fully saturated rings. The average molecular weight is 652 g/mol. The number of hydrogen-bond donors (Lipinski definition) is 3. The van der Waals surface area contributed by atoms with Gasteiger partial charge in [0.05, 0.1) is 12.2 Å². The molecule has 47 heavy (non-hydrogen) atoms. The lowest BCUT2D eigenvalue weighted by molar-refractivity contribution is -0.138. The van der Waals surface area contributed by atoms with Gasteiger partial charge in [0.2, 0.25) is 17.7 Å². The van der Waals surface area contributed by atoms with Crippen LogP contribution in [-0.2, 0) is 27.3 Å². The molecule has 0 spiro atoms. The Balaban J connectivity index is 0.000000539. The van der Waals surface area contributed by atoms with Gasteiger partial charge in [0.25, 0.3) is 5.91 Å². The summed E-state index contributed by atoms with van der Waals surface area (Å²) in [6.07, 6.45) is 11.4. The first-order valence-electron chi connectivity index (χ1n) is 17.3. The first kappa shape index (κ1) is 34.5. The van der Waals surface area contributed by atoms with Crippen LogP contribution in [-0.4, -0.2) is 89.0 Å². The van der Waals surface area contributed by atoms with Crippen LogP contribution in [0, 0.1) is 29.5 Å². The van der Waals surface area contributed by atoms with Crippen molar-refractivity contribution < 1.29 is 23.6 Å². The number of hydrogen-bond acceptors (Lipinski definition) is 6. The number of amides is 4. The highest BCUT2D eigenvalue weighted by molar-refractivity contribution is 5.98. The van der Waals surface area contributed by atoms with Crippen LogP contribution in [0.4, 0.5) is 10.1 Å². The minimum Gasteiger partial charge on any atom is -0.344 e. The summed E-state index contributed by atoms with van der Waals surface area (Å²) in [4.78, 5) is 54.9. The molecule has 0 bridgehead atoms. The molecule has 2 unspecified atom stereocenters. The number of likely N-dealkylation sites (N-methyl/N-ethyl adjacent to an activating group) is 1. The molecule has 3 saturated carbocycles. The van der Waals surface area contributed by atoms with Gasteiger partial charge in [0.15, 0.2) is 0 Å². The van der Waals surface area contributed by atoms with Crippen LogP contribution in [0.2, 0.25) is 0 Å². The van der Waals surface area contributed by atoms with E-state index in [1.165, 1.54) is 34.8 Å². The fourth-order valence-corrected chi connectivity index (χ4v) is 5.98. The van der Waals surface area contributed by atoms with Gasteiger partial charge in [0, 0.05) is 51.3 Å². The van der Waals surface area contributed by atoms with Crippen LogP contribution in [0.5, 0.6) is 0 Å². The van der Waals surface area contributed by atoms with Crippen molar-refractivity contribution in [2.75, 3.05) is 45.1 Å². The maximum absolute atomic E-state index is 15.0. The predicted octanol–water partition coefficient (Wildman–Crippen LogP) is 3.45. The zero-order valence-electron chi connectivity index (χ0n) is 28.0. The van der Waals surface area contributed by atoms with Crippen LogP contribution >= 0.6 is 0 Å². The molecule has 1 aromatic heterocycles. The average Bonchev–Trinajstić information content (AvgIpc) is 3.95. The lowest BCUT2D eigenvalue weighted by Crippen LogP contribution is -2.55. The molecule has 2 atom stereocenters. The monoisotopic (exact) mass is 651 g/mol. The highest BCUT2D eigenvalue weighted by Gasteiger charge is 2.36. The second-order valence-electron chi connectivity index (χ2n) is 13.7. The molecule has 3 N–H and O–H groups in total. The summed E-state index contributed by atoms with van der Waals surface area (Å²) in [5.41, 5.74) is 0.795. The maximum atomic E-state index is 15.0. The van der Waals surface area contributed by atoms with Gasteiger partial charge in [-0.3, -0.25) is 23.9 Å². The molecular formula is C35H50FN7O4. The molecule has 1 aliphatic heterocycles. The lowest BCUT2D eigenvalue weighted by Gasteiger charge is -2.35.